The molecule has 0 unspecified atom stereocenters. The first kappa shape index (κ1) is 21.8. The summed E-state index contributed by atoms with van der Waals surface area (Å²) in [5, 5.41) is 6.92. The van der Waals surface area contributed by atoms with Gasteiger partial charge in [-0.1, -0.05) is 89.6 Å². The second-order valence-electron chi connectivity index (χ2n) is 8.64. The Hall–Kier alpha value is -4.05. The minimum Gasteiger partial charge on any atom is -0.354 e. The third-order valence-electron chi connectivity index (χ3n) is 6.13. The molecule has 0 fully saturated rings. The van der Waals surface area contributed by atoms with Crippen molar-refractivity contribution in [2.75, 3.05) is 18.0 Å². The number of aryl methyl sites for hydroxylation is 1. The van der Waals surface area contributed by atoms with Crippen LogP contribution >= 0.6 is 0 Å². The number of hydrogen-bond acceptors (Lipinski definition) is 4. The molecule has 2 heterocycles. The number of benzene rings is 3. The van der Waals surface area contributed by atoms with Gasteiger partial charge in [0.05, 0.1) is 0 Å². The molecule has 0 saturated heterocycles. The molecular formula is C30H29N3O. The van der Waals surface area contributed by atoms with Gasteiger partial charge in [-0.3, -0.25) is 0 Å². The summed E-state index contributed by atoms with van der Waals surface area (Å²) in [6.07, 6.45) is 13.4. The van der Waals surface area contributed by atoms with Gasteiger partial charge in [0.15, 0.2) is 0 Å². The molecule has 3 aromatic carbocycles. The van der Waals surface area contributed by atoms with E-state index in [-0.39, 0.29) is 0 Å². The first-order valence-corrected chi connectivity index (χ1v) is 11.8. The van der Waals surface area contributed by atoms with E-state index in [1.165, 1.54) is 21.9 Å². The van der Waals surface area contributed by atoms with E-state index in [9.17, 15) is 0 Å². The van der Waals surface area contributed by atoms with Gasteiger partial charge >= 0.3 is 0 Å². The van der Waals surface area contributed by atoms with Gasteiger partial charge in [-0.05, 0) is 41.8 Å². The Morgan fingerprint density at radius 2 is 1.62 bits per heavy atom. The number of rotatable bonds is 8. The summed E-state index contributed by atoms with van der Waals surface area (Å²) in [4.78, 5) is 4.52. The van der Waals surface area contributed by atoms with Gasteiger partial charge in [-0.15, -0.1) is 0 Å². The van der Waals surface area contributed by atoms with Gasteiger partial charge in [0.1, 0.15) is 5.69 Å². The summed E-state index contributed by atoms with van der Waals surface area (Å²) in [5.74, 6) is 0.798. The van der Waals surface area contributed by atoms with Gasteiger partial charge in [0, 0.05) is 43.7 Å². The number of nitrogens with zero attached hydrogens (tertiary/aromatic N) is 3. The Labute approximate surface area is 201 Å². The summed E-state index contributed by atoms with van der Waals surface area (Å²) in [6, 6.07) is 25.5. The maximum absolute atomic E-state index is 5.88. The van der Waals surface area contributed by atoms with Crippen molar-refractivity contribution >= 4 is 16.7 Å². The van der Waals surface area contributed by atoms with Crippen molar-refractivity contribution < 1.29 is 4.52 Å². The van der Waals surface area contributed by atoms with Crippen LogP contribution in [0.4, 0.5) is 5.88 Å². The standard InChI is InChI=1S/C30H29N3O/c1-24-14-16-26(17-15-24)29-22-30(34-31-29)33(21-9-20-32-18-6-2-3-7-19-32)23-27-12-8-11-25-10-4-5-13-28(25)27/h2-8,10-19,22H,9,20-21,23H2,1H3. The van der Waals surface area contributed by atoms with E-state index in [1.54, 1.807) is 0 Å². The topological polar surface area (TPSA) is 32.5 Å². The van der Waals surface area contributed by atoms with E-state index < -0.39 is 0 Å². The zero-order chi connectivity index (χ0) is 23.2. The first-order chi connectivity index (χ1) is 16.8. The van der Waals surface area contributed by atoms with Crippen molar-refractivity contribution in [3.8, 4) is 11.3 Å². The molecule has 0 amide bonds. The molecule has 4 heteroatoms. The molecule has 0 aliphatic carbocycles. The van der Waals surface area contributed by atoms with E-state index in [2.05, 4.69) is 119 Å². The number of hydrogen-bond donors (Lipinski definition) is 0. The molecule has 0 N–H and O–H groups in total. The molecule has 170 valence electrons. The highest BCUT2D eigenvalue weighted by molar-refractivity contribution is 5.85. The van der Waals surface area contributed by atoms with Crippen LogP contribution in [0.3, 0.4) is 0 Å². The van der Waals surface area contributed by atoms with E-state index in [0.29, 0.717) is 0 Å². The van der Waals surface area contributed by atoms with Crippen LogP contribution in [0.15, 0.2) is 114 Å². The summed E-state index contributed by atoms with van der Waals surface area (Å²) in [7, 11) is 0. The van der Waals surface area contributed by atoms with Crippen LogP contribution in [0, 0.1) is 6.92 Å². The Morgan fingerprint density at radius 3 is 2.44 bits per heavy atom. The van der Waals surface area contributed by atoms with Gasteiger partial charge in [-0.2, -0.15) is 0 Å². The van der Waals surface area contributed by atoms with Crippen molar-refractivity contribution in [3.63, 3.8) is 0 Å². The summed E-state index contributed by atoms with van der Waals surface area (Å²) >= 11 is 0. The molecule has 0 saturated carbocycles. The predicted molar refractivity (Wildman–Crippen MR) is 140 cm³/mol. The predicted octanol–water partition coefficient (Wildman–Crippen LogP) is 7.10. The Balaban J connectivity index is 1.39. The zero-order valence-electron chi connectivity index (χ0n) is 19.5. The summed E-state index contributed by atoms with van der Waals surface area (Å²) in [6.45, 7) is 4.64. The van der Waals surface area contributed by atoms with Gasteiger partial charge in [0.25, 0.3) is 0 Å². The lowest BCUT2D eigenvalue weighted by atomic mass is 10.0. The zero-order valence-corrected chi connectivity index (χ0v) is 19.5. The molecule has 34 heavy (non-hydrogen) atoms. The van der Waals surface area contributed by atoms with Crippen molar-refractivity contribution in [1.82, 2.24) is 10.1 Å². The average molecular weight is 448 g/mol. The van der Waals surface area contributed by atoms with Crippen LogP contribution < -0.4 is 4.90 Å². The average Bonchev–Trinajstić information content (AvgIpc) is 3.21. The quantitative estimate of drug-likeness (QED) is 0.288. The molecular weight excluding hydrogens is 418 g/mol. The summed E-state index contributed by atoms with van der Waals surface area (Å²) < 4.78 is 5.88. The van der Waals surface area contributed by atoms with Crippen molar-refractivity contribution in [2.24, 2.45) is 0 Å². The van der Waals surface area contributed by atoms with Gasteiger partial charge < -0.3 is 14.3 Å². The molecule has 1 aliphatic heterocycles. The highest BCUT2D eigenvalue weighted by atomic mass is 16.5. The number of aromatic nitrogens is 1. The first-order valence-electron chi connectivity index (χ1n) is 11.8. The minimum absolute atomic E-state index is 0.761. The highest BCUT2D eigenvalue weighted by Crippen LogP contribution is 2.28. The van der Waals surface area contributed by atoms with Crippen molar-refractivity contribution in [2.45, 2.75) is 19.9 Å². The lowest BCUT2D eigenvalue weighted by molar-refractivity contribution is 0.411. The Bertz CT molecular complexity index is 1310. The maximum Gasteiger partial charge on any atom is 0.228 e. The van der Waals surface area contributed by atoms with Gasteiger partial charge in [-0.25, -0.2) is 0 Å². The van der Waals surface area contributed by atoms with E-state index in [4.69, 9.17) is 4.52 Å². The normalized spacial score (nSPS) is 12.9. The molecule has 0 spiro atoms. The van der Waals surface area contributed by atoms with Crippen molar-refractivity contribution in [1.29, 1.82) is 0 Å². The third kappa shape index (κ3) is 5.12. The molecule has 5 rings (SSSR count). The van der Waals surface area contributed by atoms with Crippen LogP contribution in [0.2, 0.25) is 0 Å². The third-order valence-corrected chi connectivity index (χ3v) is 6.13. The van der Waals surface area contributed by atoms with Crippen LogP contribution in [0.25, 0.3) is 22.0 Å². The minimum atomic E-state index is 0.761. The molecule has 4 aromatic rings. The molecule has 0 bridgehead atoms. The van der Waals surface area contributed by atoms with Gasteiger partial charge in [0.2, 0.25) is 5.88 Å². The second kappa shape index (κ2) is 10.3. The monoisotopic (exact) mass is 447 g/mol. The van der Waals surface area contributed by atoms with Crippen LogP contribution in [-0.4, -0.2) is 23.1 Å². The molecule has 0 radical (unpaired) electrons. The van der Waals surface area contributed by atoms with Crippen molar-refractivity contribution in [3.05, 3.63) is 121 Å². The highest BCUT2D eigenvalue weighted by Gasteiger charge is 2.16. The molecule has 1 aromatic heterocycles. The van der Waals surface area contributed by atoms with E-state index >= 15 is 0 Å². The second-order valence-corrected chi connectivity index (χ2v) is 8.64. The summed E-state index contributed by atoms with van der Waals surface area (Å²) in [5.41, 5.74) is 4.45. The lowest BCUT2D eigenvalue weighted by Crippen LogP contribution is -2.26. The maximum atomic E-state index is 5.88. The molecule has 1 aliphatic rings. The molecule has 0 atom stereocenters. The fourth-order valence-electron chi connectivity index (χ4n) is 4.27. The smallest absolute Gasteiger partial charge is 0.228 e. The SMILES string of the molecule is Cc1ccc(-c2cc(N(CCCN3C=CC=CC=C3)Cc3cccc4ccccc34)on2)cc1. The lowest BCUT2D eigenvalue weighted by Gasteiger charge is -2.24. The molecule has 4 nitrogen and oxygen atoms in total. The largest absolute Gasteiger partial charge is 0.354 e. The fraction of sp³-hybridized carbons (Fsp3) is 0.167. The number of fused-ring (bicyclic) bond motifs is 1. The number of allylic oxidation sites excluding steroid dienone is 4. The Kier molecular flexibility index (Phi) is 6.57. The van der Waals surface area contributed by atoms with Crippen LogP contribution in [0.1, 0.15) is 17.5 Å². The van der Waals surface area contributed by atoms with E-state index in [1.807, 2.05) is 12.2 Å². The number of anilines is 1. The van der Waals surface area contributed by atoms with E-state index in [0.717, 1.165) is 43.2 Å². The van der Waals surface area contributed by atoms with Crippen LogP contribution in [-0.2, 0) is 6.54 Å². The van der Waals surface area contributed by atoms with Crippen LogP contribution in [0.5, 0.6) is 0 Å². The Morgan fingerprint density at radius 1 is 0.853 bits per heavy atom. The fourth-order valence-corrected chi connectivity index (χ4v) is 4.27.